The van der Waals surface area contributed by atoms with E-state index < -0.39 is 11.2 Å². The normalized spacial score (nSPS) is 67.6. The molecule has 0 aromatic carbocycles. The molecule has 0 aliphatic heterocycles. The van der Waals surface area contributed by atoms with Crippen LogP contribution in [0.5, 0.6) is 0 Å². The maximum atomic E-state index is 12.0. The van der Waals surface area contributed by atoms with Crippen molar-refractivity contribution in [3.05, 3.63) is 0 Å². The van der Waals surface area contributed by atoms with Gasteiger partial charge in [0.25, 0.3) is 0 Å². The Hall–Kier alpha value is -0.520. The van der Waals surface area contributed by atoms with Crippen molar-refractivity contribution in [3.8, 4) is 11.8 Å². The topological polar surface area (TPSA) is 40.5 Å². The van der Waals surface area contributed by atoms with Gasteiger partial charge in [0.15, 0.2) is 0 Å². The fourth-order valence-electron chi connectivity index (χ4n) is 9.84. The number of hydrogen-bond acceptors (Lipinski definition) is 2. The van der Waals surface area contributed by atoms with Crippen LogP contribution in [0, 0.1) is 70.0 Å². The third kappa shape index (κ3) is 1.72. The fraction of sp³-hybridized carbons (Fsp3) is 0.920. The van der Waals surface area contributed by atoms with Crippen LogP contribution < -0.4 is 0 Å². The molecule has 0 bridgehead atoms. The van der Waals surface area contributed by atoms with Crippen LogP contribution in [0.2, 0.25) is 0 Å². The SMILES string of the molecule is CC#C[C@]1(O)[C@H]2C[C@H]2C2C3C(CC[C@@]21C)[C@@]1(C)CC[C@H](C)C[C@@]1(O)[C@@H]1C[C@H]31. The van der Waals surface area contributed by atoms with Crippen LogP contribution in [0.25, 0.3) is 0 Å². The van der Waals surface area contributed by atoms with E-state index in [1.165, 1.54) is 32.1 Å². The third-order valence-electron chi connectivity index (χ3n) is 11.2. The predicted octanol–water partition coefficient (Wildman–Crippen LogP) is 4.25. The quantitative estimate of drug-likeness (QED) is 0.628. The molecule has 0 heterocycles. The summed E-state index contributed by atoms with van der Waals surface area (Å²) in [6.45, 7) is 9.05. The van der Waals surface area contributed by atoms with Gasteiger partial charge in [-0.15, -0.1) is 5.92 Å². The molecule has 0 amide bonds. The predicted molar refractivity (Wildman–Crippen MR) is 105 cm³/mol. The van der Waals surface area contributed by atoms with Crippen LogP contribution in [0.1, 0.15) is 72.6 Å². The molecule has 6 aliphatic carbocycles. The number of rotatable bonds is 0. The minimum absolute atomic E-state index is 0.0360. The van der Waals surface area contributed by atoms with Gasteiger partial charge in [0.1, 0.15) is 5.60 Å². The zero-order chi connectivity index (χ0) is 19.0. The lowest BCUT2D eigenvalue weighted by Gasteiger charge is -2.64. The lowest BCUT2D eigenvalue weighted by atomic mass is 9.42. The second kappa shape index (κ2) is 4.79. The molecule has 2 N–H and O–H groups in total. The minimum Gasteiger partial charge on any atom is -0.389 e. The van der Waals surface area contributed by atoms with Crippen LogP contribution in [0.15, 0.2) is 0 Å². The Morgan fingerprint density at radius 1 is 0.889 bits per heavy atom. The first kappa shape index (κ1) is 17.3. The summed E-state index contributed by atoms with van der Waals surface area (Å²) in [7, 11) is 0. The highest BCUT2D eigenvalue weighted by Gasteiger charge is 2.81. The largest absolute Gasteiger partial charge is 0.389 e. The van der Waals surface area contributed by atoms with Gasteiger partial charge in [-0.3, -0.25) is 0 Å². The Bertz CT molecular complexity index is 764. The molecule has 12 atom stereocenters. The van der Waals surface area contributed by atoms with Gasteiger partial charge in [-0.05, 0) is 98.7 Å². The van der Waals surface area contributed by atoms with Gasteiger partial charge < -0.3 is 10.2 Å². The van der Waals surface area contributed by atoms with Crippen molar-refractivity contribution < 1.29 is 10.2 Å². The summed E-state index contributed by atoms with van der Waals surface area (Å²) in [6, 6.07) is 0. The first-order chi connectivity index (χ1) is 12.7. The van der Waals surface area contributed by atoms with Crippen molar-refractivity contribution >= 4 is 0 Å². The van der Waals surface area contributed by atoms with Crippen molar-refractivity contribution in [1.29, 1.82) is 0 Å². The van der Waals surface area contributed by atoms with E-state index in [2.05, 4.69) is 32.6 Å². The van der Waals surface area contributed by atoms with E-state index in [1.54, 1.807) is 0 Å². The van der Waals surface area contributed by atoms with E-state index >= 15 is 0 Å². The van der Waals surface area contributed by atoms with Crippen LogP contribution in [0.3, 0.4) is 0 Å². The summed E-state index contributed by atoms with van der Waals surface area (Å²) in [5, 5.41) is 23.7. The average Bonchev–Trinajstić information content (AvgIpc) is 3.49. The maximum Gasteiger partial charge on any atom is 0.134 e. The Morgan fingerprint density at radius 3 is 2.33 bits per heavy atom. The van der Waals surface area contributed by atoms with Gasteiger partial charge >= 0.3 is 0 Å². The molecule has 2 nitrogen and oxygen atoms in total. The van der Waals surface area contributed by atoms with Crippen molar-refractivity contribution in [2.24, 2.45) is 58.2 Å². The molecule has 0 aromatic heterocycles. The standard InChI is InChI=1S/C25H36O2/c1-5-8-24(26)19-12-16(19)21-20-15-11-18(15)25(27)13-14(2)6-9-22(25,3)17(20)7-10-23(21,24)4/h14-21,26-27H,6-7,9-13H2,1-4H3/t14-,15-,16+,17?,18+,19-,20?,21?,22+,23-,24-,25+/m0/s1. The number of hydrogen-bond donors (Lipinski definition) is 2. The molecule has 0 radical (unpaired) electrons. The smallest absolute Gasteiger partial charge is 0.134 e. The van der Waals surface area contributed by atoms with Gasteiger partial charge in [0.2, 0.25) is 0 Å². The molecule has 6 rings (SSSR count). The minimum atomic E-state index is -0.762. The van der Waals surface area contributed by atoms with Gasteiger partial charge in [0, 0.05) is 11.3 Å². The summed E-state index contributed by atoms with van der Waals surface area (Å²) in [5.41, 5.74) is -1.14. The molecular weight excluding hydrogens is 332 g/mol. The molecular formula is C25H36O2. The van der Waals surface area contributed by atoms with E-state index in [4.69, 9.17) is 0 Å². The summed E-state index contributed by atoms with van der Waals surface area (Å²) < 4.78 is 0. The highest BCUT2D eigenvalue weighted by molar-refractivity contribution is 5.36. The highest BCUT2D eigenvalue weighted by Crippen LogP contribution is 2.81. The second-order valence-corrected chi connectivity index (χ2v) is 12.0. The first-order valence-corrected chi connectivity index (χ1v) is 11.6. The molecule has 2 heteroatoms. The van der Waals surface area contributed by atoms with Crippen molar-refractivity contribution in [2.45, 2.75) is 83.8 Å². The number of fused-ring (bicyclic) bond motifs is 10. The Morgan fingerprint density at radius 2 is 1.59 bits per heavy atom. The third-order valence-corrected chi connectivity index (χ3v) is 11.2. The summed E-state index contributed by atoms with van der Waals surface area (Å²) in [4.78, 5) is 0. The van der Waals surface area contributed by atoms with Crippen molar-refractivity contribution in [1.82, 2.24) is 0 Å². The Balaban J connectivity index is 1.44. The molecule has 3 unspecified atom stereocenters. The number of aliphatic hydroxyl groups is 2. The van der Waals surface area contributed by atoms with Crippen LogP contribution >= 0.6 is 0 Å². The summed E-state index contributed by atoms with van der Waals surface area (Å²) in [5.74, 6) is 11.4. The lowest BCUT2D eigenvalue weighted by molar-refractivity contribution is -0.226. The summed E-state index contributed by atoms with van der Waals surface area (Å²) >= 11 is 0. The van der Waals surface area contributed by atoms with Crippen molar-refractivity contribution in [3.63, 3.8) is 0 Å². The van der Waals surface area contributed by atoms with Gasteiger partial charge in [-0.25, -0.2) is 0 Å². The van der Waals surface area contributed by atoms with Gasteiger partial charge in [0.05, 0.1) is 5.60 Å². The van der Waals surface area contributed by atoms with Crippen LogP contribution in [0.4, 0.5) is 0 Å². The molecule has 0 saturated heterocycles. The molecule has 6 aliphatic rings. The van der Waals surface area contributed by atoms with E-state index in [0.29, 0.717) is 41.4 Å². The van der Waals surface area contributed by atoms with Crippen LogP contribution in [-0.2, 0) is 0 Å². The maximum absolute atomic E-state index is 12.0. The Labute approximate surface area is 164 Å². The second-order valence-electron chi connectivity index (χ2n) is 12.0. The summed E-state index contributed by atoms with van der Waals surface area (Å²) in [6.07, 6.45) is 8.19. The highest BCUT2D eigenvalue weighted by atomic mass is 16.3. The van der Waals surface area contributed by atoms with E-state index in [-0.39, 0.29) is 10.8 Å². The zero-order valence-corrected chi connectivity index (χ0v) is 17.5. The molecule has 6 fully saturated rings. The zero-order valence-electron chi connectivity index (χ0n) is 17.5. The van der Waals surface area contributed by atoms with Crippen molar-refractivity contribution in [2.75, 3.05) is 0 Å². The van der Waals surface area contributed by atoms with Gasteiger partial charge in [-0.1, -0.05) is 26.7 Å². The molecule has 0 aromatic rings. The van der Waals surface area contributed by atoms with E-state index in [9.17, 15) is 10.2 Å². The lowest BCUT2D eigenvalue weighted by Crippen LogP contribution is -2.65. The van der Waals surface area contributed by atoms with Gasteiger partial charge in [-0.2, -0.15) is 0 Å². The Kier molecular flexibility index (Phi) is 3.08. The molecule has 6 saturated carbocycles. The molecule has 148 valence electrons. The average molecular weight is 369 g/mol. The van der Waals surface area contributed by atoms with Crippen LogP contribution in [-0.4, -0.2) is 21.4 Å². The van der Waals surface area contributed by atoms with E-state index in [1.807, 2.05) is 6.92 Å². The first-order valence-electron chi connectivity index (χ1n) is 11.6. The monoisotopic (exact) mass is 368 g/mol. The molecule has 27 heavy (non-hydrogen) atoms. The molecule has 0 spiro atoms. The van der Waals surface area contributed by atoms with E-state index in [0.717, 1.165) is 18.8 Å². The fourth-order valence-corrected chi connectivity index (χ4v) is 9.84.